The highest BCUT2D eigenvalue weighted by atomic mass is 16.3. The Morgan fingerprint density at radius 3 is 1.64 bits per heavy atom. The van der Waals surface area contributed by atoms with Crippen molar-refractivity contribution in [1.29, 1.82) is 0 Å². The topological polar surface area (TPSA) is 40.8 Å². The van der Waals surface area contributed by atoms with Crippen LogP contribution in [0.2, 0.25) is 0 Å². The molecule has 0 radical (unpaired) electrons. The Balaban J connectivity index is 0.760. The van der Waals surface area contributed by atoms with Gasteiger partial charge in [0.2, 0.25) is 0 Å². The van der Waals surface area contributed by atoms with Crippen LogP contribution in [0.3, 0.4) is 0 Å². The van der Waals surface area contributed by atoms with Gasteiger partial charge in [0, 0.05) is 61.6 Å². The zero-order valence-corrected chi connectivity index (χ0v) is 44.1. The highest BCUT2D eigenvalue weighted by Gasteiger charge is 2.21. The molecule has 0 spiro atoms. The Morgan fingerprint density at radius 2 is 0.974 bits per heavy atom. The minimum Gasteiger partial charge on any atom is -0.456 e. The van der Waals surface area contributed by atoms with Crippen LogP contribution < -0.4 is 0 Å². The van der Waals surface area contributed by atoms with E-state index >= 15 is 0 Å². The van der Waals surface area contributed by atoms with Crippen LogP contribution in [0.15, 0.2) is 229 Å². The fourth-order valence-corrected chi connectivity index (χ4v) is 12.8. The molecule has 5 nitrogen and oxygen atoms in total. The molecule has 0 saturated carbocycles. The smallest absolute Gasteiger partial charge is 0.144 e. The summed E-state index contributed by atoms with van der Waals surface area (Å²) in [4.78, 5) is 4.84. The van der Waals surface area contributed by atoms with Crippen LogP contribution in [0.1, 0.15) is 66.3 Å². The van der Waals surface area contributed by atoms with Crippen LogP contribution in [-0.2, 0) is 0 Å². The van der Waals surface area contributed by atoms with Crippen LogP contribution in [0, 0.1) is 20.8 Å². The first-order valence-corrected chi connectivity index (χ1v) is 27.2. The van der Waals surface area contributed by atoms with Gasteiger partial charge in [-0.3, -0.25) is 4.57 Å². The zero-order valence-electron chi connectivity index (χ0n) is 44.1. The predicted octanol–water partition coefficient (Wildman–Crippen LogP) is 19.6. The average Bonchev–Trinajstić information content (AvgIpc) is 4.38. The molecule has 14 rings (SSSR count). The van der Waals surface area contributed by atoms with E-state index < -0.39 is 0 Å². The quantitative estimate of drug-likeness (QED) is 0.130. The molecule has 0 bridgehead atoms. The number of imidazole rings is 1. The summed E-state index contributed by atoms with van der Waals surface area (Å²) in [6.07, 6.45) is 6.13. The van der Waals surface area contributed by atoms with Gasteiger partial charge in [-0.15, -0.1) is 0 Å². The highest BCUT2D eigenvalue weighted by molar-refractivity contribution is 6.12. The number of hydrogen-bond donors (Lipinski definition) is 0. The molecule has 0 saturated heterocycles. The van der Waals surface area contributed by atoms with Gasteiger partial charge >= 0.3 is 0 Å². The van der Waals surface area contributed by atoms with E-state index in [-0.39, 0.29) is 0 Å². The molecular formula is C72H58N4O. The van der Waals surface area contributed by atoms with Gasteiger partial charge in [0.25, 0.3) is 0 Å². The molecule has 10 aromatic carbocycles. The minimum atomic E-state index is 0.355. The van der Waals surface area contributed by atoms with Crippen molar-refractivity contribution in [1.82, 2.24) is 18.7 Å². The van der Waals surface area contributed by atoms with Gasteiger partial charge in [-0.25, -0.2) is 4.98 Å². The summed E-state index contributed by atoms with van der Waals surface area (Å²) >= 11 is 0. The summed E-state index contributed by atoms with van der Waals surface area (Å²) in [6.45, 7) is 11.3. The molecule has 372 valence electrons. The monoisotopic (exact) mass is 994 g/mol. The van der Waals surface area contributed by atoms with Crippen molar-refractivity contribution in [2.24, 2.45) is 0 Å². The van der Waals surface area contributed by atoms with Crippen LogP contribution >= 0.6 is 0 Å². The van der Waals surface area contributed by atoms with Crippen molar-refractivity contribution in [3.63, 3.8) is 0 Å². The first-order valence-electron chi connectivity index (χ1n) is 27.2. The summed E-state index contributed by atoms with van der Waals surface area (Å²) in [5, 5.41) is 7.24. The molecule has 4 heterocycles. The molecule has 2 atom stereocenters. The average molecular weight is 995 g/mol. The van der Waals surface area contributed by atoms with Crippen LogP contribution in [0.25, 0.3) is 116 Å². The van der Waals surface area contributed by atoms with Crippen molar-refractivity contribution in [3.8, 4) is 50.7 Å². The zero-order chi connectivity index (χ0) is 51.9. The number of furan rings is 1. The second kappa shape index (κ2) is 18.6. The van der Waals surface area contributed by atoms with Crippen molar-refractivity contribution in [3.05, 3.63) is 253 Å². The second-order valence-corrected chi connectivity index (χ2v) is 21.4. The summed E-state index contributed by atoms with van der Waals surface area (Å²) in [5.41, 5.74) is 22.5. The van der Waals surface area contributed by atoms with E-state index in [4.69, 9.17) is 9.40 Å². The maximum absolute atomic E-state index is 6.18. The molecule has 0 fully saturated rings. The molecule has 0 aliphatic carbocycles. The summed E-state index contributed by atoms with van der Waals surface area (Å²) in [7, 11) is 0. The maximum Gasteiger partial charge on any atom is 0.144 e. The van der Waals surface area contributed by atoms with Crippen molar-refractivity contribution >= 4 is 65.6 Å². The summed E-state index contributed by atoms with van der Waals surface area (Å²) in [6, 6.07) is 78.4. The summed E-state index contributed by atoms with van der Waals surface area (Å²) < 4.78 is 13.3. The molecule has 14 aromatic rings. The van der Waals surface area contributed by atoms with Crippen LogP contribution in [0.5, 0.6) is 0 Å². The van der Waals surface area contributed by atoms with Gasteiger partial charge in [-0.1, -0.05) is 153 Å². The Labute approximate surface area is 448 Å². The highest BCUT2D eigenvalue weighted by Crippen LogP contribution is 2.41. The van der Waals surface area contributed by atoms with Gasteiger partial charge in [-0.05, 0) is 169 Å². The van der Waals surface area contributed by atoms with Crippen LogP contribution in [0.4, 0.5) is 0 Å². The number of aromatic nitrogens is 4. The normalized spacial score (nSPS) is 12.7. The fourth-order valence-electron chi connectivity index (χ4n) is 12.8. The molecule has 2 unspecified atom stereocenters. The lowest BCUT2D eigenvalue weighted by molar-refractivity contribution is 0.544. The van der Waals surface area contributed by atoms with Crippen LogP contribution in [-0.4, -0.2) is 18.7 Å². The van der Waals surface area contributed by atoms with E-state index in [0.29, 0.717) is 11.8 Å². The van der Waals surface area contributed by atoms with E-state index in [1.54, 1.807) is 0 Å². The van der Waals surface area contributed by atoms with E-state index in [1.807, 2.05) is 18.3 Å². The van der Waals surface area contributed by atoms with Gasteiger partial charge in [0.1, 0.15) is 17.0 Å². The molecule has 77 heavy (non-hydrogen) atoms. The van der Waals surface area contributed by atoms with E-state index in [2.05, 4.69) is 255 Å². The number of aryl methyl sites for hydroxylation is 3. The lowest BCUT2D eigenvalue weighted by Crippen LogP contribution is -2.05. The third-order valence-electron chi connectivity index (χ3n) is 16.5. The minimum absolute atomic E-state index is 0.355. The molecule has 0 aliphatic heterocycles. The largest absolute Gasteiger partial charge is 0.456 e. The van der Waals surface area contributed by atoms with Gasteiger partial charge < -0.3 is 13.6 Å². The first kappa shape index (κ1) is 46.3. The number of fused-ring (bicyclic) bond motifs is 9. The van der Waals surface area contributed by atoms with E-state index in [1.165, 1.54) is 105 Å². The Kier molecular flexibility index (Phi) is 11.2. The molecule has 0 amide bonds. The lowest BCUT2D eigenvalue weighted by Gasteiger charge is -2.22. The third-order valence-corrected chi connectivity index (χ3v) is 16.5. The molecule has 4 aromatic heterocycles. The second-order valence-electron chi connectivity index (χ2n) is 21.4. The van der Waals surface area contributed by atoms with Gasteiger partial charge in [0.05, 0.1) is 27.8 Å². The number of nitrogens with zero attached hydrogens (tertiary/aromatic N) is 4. The van der Waals surface area contributed by atoms with Crippen molar-refractivity contribution in [2.45, 2.75) is 59.3 Å². The predicted molar refractivity (Wildman–Crippen MR) is 323 cm³/mol. The molecular weight excluding hydrogens is 937 g/mol. The fraction of sp³-hybridized carbons (Fsp3) is 0.125. The molecule has 0 aliphatic rings. The van der Waals surface area contributed by atoms with Crippen molar-refractivity contribution in [2.75, 3.05) is 0 Å². The lowest BCUT2D eigenvalue weighted by atomic mass is 9.84. The number of para-hydroxylation sites is 3. The molecule has 5 heteroatoms. The van der Waals surface area contributed by atoms with Gasteiger partial charge in [0.15, 0.2) is 0 Å². The number of rotatable bonds is 11. The molecule has 0 N–H and O–H groups in total. The van der Waals surface area contributed by atoms with Crippen molar-refractivity contribution < 1.29 is 4.42 Å². The Bertz CT molecular complexity index is 4570. The van der Waals surface area contributed by atoms with E-state index in [0.717, 1.165) is 51.9 Å². The number of hydrogen-bond acceptors (Lipinski definition) is 2. The maximum atomic E-state index is 6.18. The third kappa shape index (κ3) is 7.87. The Morgan fingerprint density at radius 1 is 0.442 bits per heavy atom. The standard InChI is InChI=1S/C72H58N4O/c1-6-49(50-25-27-51(28-26-50)72-73-35-36-74(72)71-47(4)37-45(2)38-48(71)5)39-46(3)52-15-13-17-57(40-52)75-65-22-10-7-19-59(65)62-42-54(29-32-67(62)75)53-16-14-18-58(41-53)76-66-23-11-8-20-60(66)63-43-55(30-33-68(63)76)56-31-34-70-64(44-56)61-21-9-12-24-69(61)77-70/h7-38,40-44,46,49H,6,39H2,1-5H3. The number of benzene rings is 10. The Hall–Kier alpha value is -9.19. The van der Waals surface area contributed by atoms with Gasteiger partial charge in [-0.2, -0.15) is 0 Å². The van der Waals surface area contributed by atoms with E-state index in [9.17, 15) is 0 Å². The summed E-state index contributed by atoms with van der Waals surface area (Å²) in [5.74, 6) is 1.75. The first-order chi connectivity index (χ1) is 37.8. The SMILES string of the molecule is CCC(CC(C)c1cccc(-n2c3ccccc3c3cc(-c4cccc(-n5c6ccccc6c6cc(-c7ccc8oc9ccccc9c8c7)ccc65)c4)ccc32)c1)c1ccc(-c2nccn2-c2c(C)cc(C)cc2C)cc1.